The zero-order valence-electron chi connectivity index (χ0n) is 22.8. The molecule has 1 fully saturated rings. The number of carbonyl (C=O) groups excluding carboxylic acids is 1. The normalized spacial score (nSPS) is 14.0. The van der Waals surface area contributed by atoms with E-state index in [0.29, 0.717) is 40.8 Å². The molecule has 2 heterocycles. The maximum atomic E-state index is 14.1. The SMILES string of the molecule is CC(=O)Nc1cc(-c2ccc(Oc3c(N4CCN(S(C)(=O)=O)CC4)cnn(-c4ccc(Cl)cc4)c3=O)cc2)ccc1F. The molecule has 0 aliphatic carbocycles. The van der Waals surface area contributed by atoms with Gasteiger partial charge in [-0.1, -0.05) is 29.8 Å². The summed E-state index contributed by atoms with van der Waals surface area (Å²) in [6.07, 6.45) is 2.69. The van der Waals surface area contributed by atoms with Crippen LogP contribution < -0.4 is 20.5 Å². The van der Waals surface area contributed by atoms with E-state index in [2.05, 4.69) is 10.4 Å². The number of hydrogen-bond donors (Lipinski definition) is 1. The van der Waals surface area contributed by atoms with E-state index in [1.807, 2.05) is 4.90 Å². The highest BCUT2D eigenvalue weighted by atomic mass is 35.5. The van der Waals surface area contributed by atoms with Gasteiger partial charge >= 0.3 is 5.56 Å². The maximum Gasteiger partial charge on any atom is 0.316 e. The van der Waals surface area contributed by atoms with Gasteiger partial charge in [-0.25, -0.2) is 12.8 Å². The van der Waals surface area contributed by atoms with Crippen molar-refractivity contribution in [1.82, 2.24) is 14.1 Å². The molecule has 218 valence electrons. The molecule has 42 heavy (non-hydrogen) atoms. The number of aromatic nitrogens is 2. The van der Waals surface area contributed by atoms with Crippen molar-refractivity contribution in [1.29, 1.82) is 0 Å². The van der Waals surface area contributed by atoms with Crippen molar-refractivity contribution in [2.45, 2.75) is 6.92 Å². The lowest BCUT2D eigenvalue weighted by Crippen LogP contribution is -2.48. The minimum atomic E-state index is -3.34. The number of anilines is 2. The molecule has 5 rings (SSSR count). The number of amides is 1. The summed E-state index contributed by atoms with van der Waals surface area (Å²) in [5.74, 6) is -0.543. The molecular formula is C29H27ClFN5O5S. The summed E-state index contributed by atoms with van der Waals surface area (Å²) < 4.78 is 46.9. The fraction of sp³-hybridized carbons (Fsp3) is 0.207. The van der Waals surface area contributed by atoms with Gasteiger partial charge in [0.05, 0.1) is 23.8 Å². The number of benzene rings is 3. The molecule has 4 aromatic rings. The summed E-state index contributed by atoms with van der Waals surface area (Å²) in [4.78, 5) is 27.0. The van der Waals surface area contributed by atoms with Crippen LogP contribution in [0.4, 0.5) is 15.8 Å². The molecule has 1 saturated heterocycles. The molecule has 3 aromatic carbocycles. The molecule has 0 unspecified atom stereocenters. The Morgan fingerprint density at radius 2 is 1.62 bits per heavy atom. The molecule has 13 heteroatoms. The number of nitrogens with zero attached hydrogens (tertiary/aromatic N) is 4. The van der Waals surface area contributed by atoms with Crippen molar-refractivity contribution < 1.29 is 22.3 Å². The quantitative estimate of drug-likeness (QED) is 0.327. The van der Waals surface area contributed by atoms with Crippen LogP contribution in [-0.4, -0.2) is 60.8 Å². The molecule has 0 spiro atoms. The molecule has 10 nitrogen and oxygen atoms in total. The van der Waals surface area contributed by atoms with Crippen molar-refractivity contribution in [3.63, 3.8) is 0 Å². The fourth-order valence-electron chi connectivity index (χ4n) is 4.60. The summed E-state index contributed by atoms with van der Waals surface area (Å²) in [6.45, 7) is 2.50. The lowest BCUT2D eigenvalue weighted by molar-refractivity contribution is -0.114. The van der Waals surface area contributed by atoms with E-state index >= 15 is 0 Å². The van der Waals surface area contributed by atoms with Crippen LogP contribution in [0.15, 0.2) is 77.7 Å². The van der Waals surface area contributed by atoms with Crippen LogP contribution in [0.5, 0.6) is 11.5 Å². The zero-order chi connectivity index (χ0) is 30.0. The Morgan fingerprint density at radius 3 is 2.24 bits per heavy atom. The highest BCUT2D eigenvalue weighted by molar-refractivity contribution is 7.88. The second-order valence-corrected chi connectivity index (χ2v) is 12.1. The van der Waals surface area contributed by atoms with Gasteiger partial charge in [-0.2, -0.15) is 14.1 Å². The smallest absolute Gasteiger partial charge is 0.316 e. The van der Waals surface area contributed by atoms with E-state index in [9.17, 15) is 22.4 Å². The number of ether oxygens (including phenoxy) is 1. The van der Waals surface area contributed by atoms with E-state index < -0.39 is 21.4 Å². The topological polar surface area (TPSA) is 114 Å². The second-order valence-electron chi connectivity index (χ2n) is 9.70. The Labute approximate surface area is 247 Å². The Balaban J connectivity index is 1.48. The third kappa shape index (κ3) is 6.46. The zero-order valence-corrected chi connectivity index (χ0v) is 24.3. The van der Waals surface area contributed by atoms with Gasteiger partial charge in [-0.15, -0.1) is 0 Å². The molecule has 1 N–H and O–H groups in total. The van der Waals surface area contributed by atoms with Gasteiger partial charge < -0.3 is 15.0 Å². The average Bonchev–Trinajstić information content (AvgIpc) is 2.96. The standard InChI is InChI=1S/C29H27ClFN5O5S/c1-19(37)33-26-17-21(5-12-25(26)31)20-3-10-24(11-4-20)41-28-27(34-13-15-35(16-14-34)42(2,39)40)18-32-36(29(28)38)23-8-6-22(30)7-9-23/h3-12,17-18H,13-16H2,1-2H3,(H,33,37). The minimum Gasteiger partial charge on any atom is -0.449 e. The van der Waals surface area contributed by atoms with Gasteiger partial charge in [-0.3, -0.25) is 9.59 Å². The summed E-state index contributed by atoms with van der Waals surface area (Å²) in [7, 11) is -3.34. The van der Waals surface area contributed by atoms with E-state index in [1.54, 1.807) is 54.6 Å². The molecule has 1 amide bonds. The first-order valence-electron chi connectivity index (χ1n) is 12.9. The largest absolute Gasteiger partial charge is 0.449 e. The third-order valence-corrected chi connectivity index (χ3v) is 8.27. The van der Waals surface area contributed by atoms with Gasteiger partial charge in [-0.05, 0) is 59.7 Å². The van der Waals surface area contributed by atoms with E-state index in [4.69, 9.17) is 16.3 Å². The first-order chi connectivity index (χ1) is 20.0. The highest BCUT2D eigenvalue weighted by Crippen LogP contribution is 2.32. The first kappa shape index (κ1) is 29.2. The van der Waals surface area contributed by atoms with E-state index in [0.717, 1.165) is 5.56 Å². The van der Waals surface area contributed by atoms with Crippen molar-refractivity contribution in [2.24, 2.45) is 0 Å². The number of hydrogen-bond acceptors (Lipinski definition) is 7. The van der Waals surface area contributed by atoms with Crippen LogP contribution >= 0.6 is 11.6 Å². The number of piperazine rings is 1. The van der Waals surface area contributed by atoms with Crippen LogP contribution in [0.3, 0.4) is 0 Å². The van der Waals surface area contributed by atoms with E-state index in [-0.39, 0.29) is 30.4 Å². The number of rotatable bonds is 7. The van der Waals surface area contributed by atoms with Gasteiger partial charge in [0, 0.05) is 38.1 Å². The Kier molecular flexibility index (Phi) is 8.30. The predicted octanol–water partition coefficient (Wildman–Crippen LogP) is 4.52. The maximum absolute atomic E-state index is 14.1. The Morgan fingerprint density at radius 1 is 0.976 bits per heavy atom. The van der Waals surface area contributed by atoms with Crippen molar-refractivity contribution >= 4 is 38.9 Å². The Hall–Kier alpha value is -4.26. The molecule has 1 aliphatic rings. The first-order valence-corrected chi connectivity index (χ1v) is 15.2. The van der Waals surface area contributed by atoms with Gasteiger partial charge in [0.1, 0.15) is 17.3 Å². The van der Waals surface area contributed by atoms with Gasteiger partial charge in [0.2, 0.25) is 21.7 Å². The summed E-state index contributed by atoms with van der Waals surface area (Å²) >= 11 is 6.02. The van der Waals surface area contributed by atoms with Gasteiger partial charge in [0.25, 0.3) is 0 Å². The van der Waals surface area contributed by atoms with Crippen LogP contribution in [0.2, 0.25) is 5.02 Å². The number of halogens is 2. The van der Waals surface area contributed by atoms with Crippen LogP contribution in [0.25, 0.3) is 16.8 Å². The molecule has 0 bridgehead atoms. The van der Waals surface area contributed by atoms with E-state index in [1.165, 1.54) is 40.5 Å². The highest BCUT2D eigenvalue weighted by Gasteiger charge is 2.27. The lowest BCUT2D eigenvalue weighted by atomic mass is 10.0. The second kappa shape index (κ2) is 11.9. The summed E-state index contributed by atoms with van der Waals surface area (Å²) in [5.41, 5.74) is 1.89. The van der Waals surface area contributed by atoms with Crippen LogP contribution in [-0.2, 0) is 14.8 Å². The molecule has 0 radical (unpaired) electrons. The molecule has 0 atom stereocenters. The molecule has 1 aliphatic heterocycles. The third-order valence-electron chi connectivity index (χ3n) is 6.72. The number of sulfonamides is 1. The Bertz CT molecular complexity index is 1790. The number of carbonyl (C=O) groups is 1. The molecule has 1 aromatic heterocycles. The van der Waals surface area contributed by atoms with Crippen molar-refractivity contribution in [2.75, 3.05) is 42.7 Å². The molecule has 0 saturated carbocycles. The predicted molar refractivity (Wildman–Crippen MR) is 160 cm³/mol. The van der Waals surface area contributed by atoms with Crippen molar-refractivity contribution in [3.05, 3.63) is 94.1 Å². The molecular weight excluding hydrogens is 585 g/mol. The monoisotopic (exact) mass is 611 g/mol. The lowest BCUT2D eigenvalue weighted by Gasteiger charge is -2.35. The minimum absolute atomic E-state index is 0.0234. The summed E-state index contributed by atoms with van der Waals surface area (Å²) in [6, 6.07) is 17.9. The van der Waals surface area contributed by atoms with Crippen LogP contribution in [0, 0.1) is 5.82 Å². The van der Waals surface area contributed by atoms with Crippen LogP contribution in [0.1, 0.15) is 6.92 Å². The van der Waals surface area contributed by atoms with Crippen molar-refractivity contribution in [3.8, 4) is 28.3 Å². The van der Waals surface area contributed by atoms with Gasteiger partial charge in [0.15, 0.2) is 0 Å². The fourth-order valence-corrected chi connectivity index (χ4v) is 5.55. The number of nitrogens with one attached hydrogen (secondary N) is 1. The average molecular weight is 612 g/mol. The summed E-state index contributed by atoms with van der Waals surface area (Å²) in [5, 5.41) is 7.34.